The number of carbonyl (C=O) groups excluding carboxylic acids is 2. The molecule has 0 heterocycles. The smallest absolute Gasteiger partial charge is 0.257 e. The average molecular weight is 370 g/mol. The van der Waals surface area contributed by atoms with Gasteiger partial charge in [0.2, 0.25) is 5.91 Å². The van der Waals surface area contributed by atoms with Crippen LogP contribution in [0.4, 0.5) is 10.1 Å². The summed E-state index contributed by atoms with van der Waals surface area (Å²) < 4.78 is 19.0. The third-order valence-corrected chi connectivity index (χ3v) is 4.88. The summed E-state index contributed by atoms with van der Waals surface area (Å²) in [5.74, 6) is -0.102. The van der Waals surface area contributed by atoms with E-state index >= 15 is 0 Å². The molecule has 142 valence electrons. The van der Waals surface area contributed by atoms with Crippen LogP contribution in [0.1, 0.15) is 31.7 Å². The Morgan fingerprint density at radius 1 is 1.15 bits per heavy atom. The Morgan fingerprint density at radius 3 is 2.48 bits per heavy atom. The van der Waals surface area contributed by atoms with Crippen LogP contribution in [0, 0.1) is 5.82 Å². The lowest BCUT2D eigenvalue weighted by Gasteiger charge is -2.40. The Kier molecular flexibility index (Phi) is 5.74. The minimum atomic E-state index is -0.671. The van der Waals surface area contributed by atoms with Gasteiger partial charge in [0.05, 0.1) is 5.41 Å². The van der Waals surface area contributed by atoms with Crippen LogP contribution < -0.4 is 15.4 Å². The van der Waals surface area contributed by atoms with Gasteiger partial charge in [0, 0.05) is 12.2 Å². The molecule has 0 spiro atoms. The Bertz CT molecular complexity index is 816. The van der Waals surface area contributed by atoms with Gasteiger partial charge in [0.1, 0.15) is 11.6 Å². The van der Waals surface area contributed by atoms with E-state index in [2.05, 4.69) is 10.6 Å². The van der Waals surface area contributed by atoms with Crippen molar-refractivity contribution in [2.75, 3.05) is 18.5 Å². The highest BCUT2D eigenvalue weighted by molar-refractivity contribution is 6.00. The summed E-state index contributed by atoms with van der Waals surface area (Å²) in [4.78, 5) is 24.3. The summed E-state index contributed by atoms with van der Waals surface area (Å²) in [6.07, 6.45) is 2.35. The van der Waals surface area contributed by atoms with Gasteiger partial charge in [-0.1, -0.05) is 18.6 Å². The average Bonchev–Trinajstić information content (AvgIpc) is 2.60. The summed E-state index contributed by atoms with van der Waals surface area (Å²) in [6.45, 7) is 2.34. The van der Waals surface area contributed by atoms with Crippen molar-refractivity contribution in [1.82, 2.24) is 5.32 Å². The standard InChI is InChI=1S/C21H23FN2O3/c1-2-23-19(25)14-27-18-9-7-17(8-10-18)24-20(26)21(11-4-12-21)15-5-3-6-16(22)13-15/h3,5-10,13H,2,4,11-12,14H2,1H3,(H,23,25)(H,24,26). The maximum Gasteiger partial charge on any atom is 0.257 e. The van der Waals surface area contributed by atoms with Crippen LogP contribution in [-0.2, 0) is 15.0 Å². The Morgan fingerprint density at radius 2 is 1.89 bits per heavy atom. The van der Waals surface area contributed by atoms with Gasteiger partial charge >= 0.3 is 0 Å². The van der Waals surface area contributed by atoms with E-state index in [0.29, 0.717) is 36.4 Å². The number of halogens is 1. The summed E-state index contributed by atoms with van der Waals surface area (Å²) >= 11 is 0. The van der Waals surface area contributed by atoms with Gasteiger partial charge in [-0.3, -0.25) is 9.59 Å². The number of amides is 2. The molecular weight excluding hydrogens is 347 g/mol. The molecule has 2 aromatic carbocycles. The second kappa shape index (κ2) is 8.20. The fourth-order valence-corrected chi connectivity index (χ4v) is 3.25. The van der Waals surface area contributed by atoms with Crippen molar-refractivity contribution in [3.8, 4) is 5.75 Å². The molecule has 1 saturated carbocycles. The lowest BCUT2D eigenvalue weighted by molar-refractivity contribution is -0.124. The predicted molar refractivity (Wildman–Crippen MR) is 101 cm³/mol. The number of ether oxygens (including phenoxy) is 1. The molecule has 0 aliphatic heterocycles. The Balaban J connectivity index is 1.64. The SMILES string of the molecule is CCNC(=O)COc1ccc(NC(=O)C2(c3cccc(F)c3)CCC2)cc1. The fraction of sp³-hybridized carbons (Fsp3) is 0.333. The maximum atomic E-state index is 13.6. The fourth-order valence-electron chi connectivity index (χ4n) is 3.25. The van der Waals surface area contributed by atoms with Crippen molar-refractivity contribution in [3.05, 3.63) is 59.9 Å². The van der Waals surface area contributed by atoms with Crippen molar-refractivity contribution >= 4 is 17.5 Å². The molecule has 0 atom stereocenters. The van der Waals surface area contributed by atoms with Crippen LogP contribution in [0.2, 0.25) is 0 Å². The molecule has 0 saturated heterocycles. The lowest BCUT2D eigenvalue weighted by Crippen LogP contribution is -2.46. The summed E-state index contributed by atoms with van der Waals surface area (Å²) in [6, 6.07) is 13.1. The molecular formula is C21H23FN2O3. The third kappa shape index (κ3) is 4.27. The van der Waals surface area contributed by atoms with Crippen LogP contribution in [-0.4, -0.2) is 25.0 Å². The molecule has 2 aromatic rings. The minimum Gasteiger partial charge on any atom is -0.484 e. The zero-order valence-corrected chi connectivity index (χ0v) is 15.3. The molecule has 6 heteroatoms. The molecule has 0 bridgehead atoms. The number of rotatable bonds is 7. The van der Waals surface area contributed by atoms with Crippen LogP contribution in [0.25, 0.3) is 0 Å². The summed E-state index contributed by atoms with van der Waals surface area (Å²) in [5, 5.41) is 5.57. The van der Waals surface area contributed by atoms with Crippen LogP contribution >= 0.6 is 0 Å². The quantitative estimate of drug-likeness (QED) is 0.785. The number of anilines is 1. The highest BCUT2D eigenvalue weighted by atomic mass is 19.1. The van der Waals surface area contributed by atoms with Crippen molar-refractivity contribution in [1.29, 1.82) is 0 Å². The van der Waals surface area contributed by atoms with Gasteiger partial charge in [0.25, 0.3) is 5.91 Å². The molecule has 0 radical (unpaired) electrons. The van der Waals surface area contributed by atoms with E-state index in [0.717, 1.165) is 6.42 Å². The minimum absolute atomic E-state index is 0.0533. The molecule has 1 aliphatic carbocycles. The van der Waals surface area contributed by atoms with Crippen molar-refractivity contribution in [2.24, 2.45) is 0 Å². The molecule has 27 heavy (non-hydrogen) atoms. The Labute approximate surface area is 157 Å². The first-order valence-corrected chi connectivity index (χ1v) is 9.10. The van der Waals surface area contributed by atoms with Gasteiger partial charge < -0.3 is 15.4 Å². The van der Waals surface area contributed by atoms with Gasteiger partial charge in [-0.15, -0.1) is 0 Å². The first-order valence-electron chi connectivity index (χ1n) is 9.10. The highest BCUT2D eigenvalue weighted by Crippen LogP contribution is 2.44. The molecule has 1 fully saturated rings. The van der Waals surface area contributed by atoms with Gasteiger partial charge in [-0.2, -0.15) is 0 Å². The lowest BCUT2D eigenvalue weighted by atomic mass is 9.63. The van der Waals surface area contributed by atoms with E-state index < -0.39 is 5.41 Å². The zero-order chi connectivity index (χ0) is 19.3. The van der Waals surface area contributed by atoms with Gasteiger partial charge in [-0.25, -0.2) is 4.39 Å². The number of nitrogens with one attached hydrogen (secondary N) is 2. The first kappa shape index (κ1) is 18.9. The molecule has 2 amide bonds. The zero-order valence-electron chi connectivity index (χ0n) is 15.3. The van der Waals surface area contributed by atoms with Gasteiger partial charge in [-0.05, 0) is 61.7 Å². The van der Waals surface area contributed by atoms with Crippen LogP contribution in [0.3, 0.4) is 0 Å². The van der Waals surface area contributed by atoms with E-state index in [1.54, 1.807) is 36.4 Å². The van der Waals surface area contributed by atoms with E-state index in [1.807, 2.05) is 6.92 Å². The van der Waals surface area contributed by atoms with E-state index in [4.69, 9.17) is 4.74 Å². The molecule has 0 aromatic heterocycles. The normalized spacial score (nSPS) is 14.7. The van der Waals surface area contributed by atoms with Crippen LogP contribution in [0.15, 0.2) is 48.5 Å². The topological polar surface area (TPSA) is 67.4 Å². The van der Waals surface area contributed by atoms with E-state index in [-0.39, 0.29) is 24.2 Å². The molecule has 1 aliphatic rings. The second-order valence-corrected chi connectivity index (χ2v) is 6.67. The van der Waals surface area contributed by atoms with Crippen LogP contribution in [0.5, 0.6) is 5.75 Å². The number of carbonyl (C=O) groups is 2. The highest BCUT2D eigenvalue weighted by Gasteiger charge is 2.45. The molecule has 0 unspecified atom stereocenters. The third-order valence-electron chi connectivity index (χ3n) is 4.88. The van der Waals surface area contributed by atoms with E-state index in [9.17, 15) is 14.0 Å². The molecule has 2 N–H and O–H groups in total. The number of likely N-dealkylation sites (N-methyl/N-ethyl adjacent to an activating group) is 1. The summed E-state index contributed by atoms with van der Waals surface area (Å²) in [5.41, 5.74) is 0.677. The Hall–Kier alpha value is -2.89. The van der Waals surface area contributed by atoms with E-state index in [1.165, 1.54) is 12.1 Å². The number of benzene rings is 2. The summed E-state index contributed by atoms with van der Waals surface area (Å²) in [7, 11) is 0. The van der Waals surface area contributed by atoms with Crippen molar-refractivity contribution in [3.63, 3.8) is 0 Å². The molecule has 3 rings (SSSR count). The second-order valence-electron chi connectivity index (χ2n) is 6.67. The first-order chi connectivity index (χ1) is 13.0. The van der Waals surface area contributed by atoms with Crippen molar-refractivity contribution < 1.29 is 18.7 Å². The monoisotopic (exact) mass is 370 g/mol. The maximum absolute atomic E-state index is 13.6. The predicted octanol–water partition coefficient (Wildman–Crippen LogP) is 3.40. The largest absolute Gasteiger partial charge is 0.484 e. The van der Waals surface area contributed by atoms with Gasteiger partial charge in [0.15, 0.2) is 6.61 Å². The molecule has 5 nitrogen and oxygen atoms in total. The number of hydrogen-bond donors (Lipinski definition) is 2. The number of hydrogen-bond acceptors (Lipinski definition) is 3. The van der Waals surface area contributed by atoms with Crippen molar-refractivity contribution in [2.45, 2.75) is 31.6 Å².